The van der Waals surface area contributed by atoms with E-state index in [1.54, 1.807) is 0 Å². The van der Waals surface area contributed by atoms with Crippen LogP contribution in [-0.4, -0.2) is 61.5 Å². The number of hydrogen-bond donors (Lipinski definition) is 1. The number of hydrogen-bond acceptors (Lipinski definition) is 2. The molecular formula is C24H40CaO3. The van der Waals surface area contributed by atoms with E-state index < -0.39 is 12.1 Å². The van der Waals surface area contributed by atoms with Crippen molar-refractivity contribution < 1.29 is 14.6 Å². The van der Waals surface area contributed by atoms with Crippen molar-refractivity contribution in [1.82, 2.24) is 0 Å². The van der Waals surface area contributed by atoms with E-state index in [1.807, 2.05) is 6.92 Å². The zero-order valence-electron chi connectivity index (χ0n) is 17.2. The summed E-state index contributed by atoms with van der Waals surface area (Å²) in [6.45, 7) is 4.50. The van der Waals surface area contributed by atoms with Crippen molar-refractivity contribution in [2.24, 2.45) is 0 Å². The minimum absolute atomic E-state index is 0. The second kappa shape index (κ2) is 24.4. The standard InChI is InChI=1S/C24H38O3.Ca.2H/c1-3-5-6-7-8-9-10-11-12-13-14-15-16-17-18-19-20-21-22-27-23(4-2)24(25)26;;;/h5-6,8-9,11-12,14-15,17-18,23H,3-4,7,10,13,16,19-22H2,1-2H3,(H,25,26);;;/b6-5-,9-8-,12-11-,15-14-,18-17-;;;. The Morgan fingerprint density at radius 2 is 1.25 bits per heavy atom. The molecule has 0 saturated heterocycles. The maximum absolute atomic E-state index is 10.8. The number of allylic oxidation sites excluding steroid dienone is 10. The Bertz CT molecular complexity index is 490. The average Bonchev–Trinajstić information content (AvgIpc) is 2.66. The van der Waals surface area contributed by atoms with E-state index in [4.69, 9.17) is 9.84 Å². The molecular weight excluding hydrogens is 376 g/mol. The van der Waals surface area contributed by atoms with Gasteiger partial charge in [-0.1, -0.05) is 74.6 Å². The predicted octanol–water partition coefficient (Wildman–Crippen LogP) is 5.87. The van der Waals surface area contributed by atoms with Crippen molar-refractivity contribution in [1.29, 1.82) is 0 Å². The van der Waals surface area contributed by atoms with Crippen LogP contribution in [-0.2, 0) is 9.53 Å². The molecule has 4 heteroatoms. The molecule has 0 amide bonds. The Kier molecular flexibility index (Phi) is 25.8. The fraction of sp³-hybridized carbons (Fsp3) is 0.542. The van der Waals surface area contributed by atoms with E-state index in [0.29, 0.717) is 13.0 Å². The third-order valence-corrected chi connectivity index (χ3v) is 3.89. The van der Waals surface area contributed by atoms with Crippen molar-refractivity contribution in [2.45, 2.75) is 77.7 Å². The second-order valence-corrected chi connectivity index (χ2v) is 6.31. The summed E-state index contributed by atoms with van der Waals surface area (Å²) in [4.78, 5) is 10.8. The number of unbranched alkanes of at least 4 members (excludes halogenated alkanes) is 2. The van der Waals surface area contributed by atoms with E-state index in [2.05, 4.69) is 67.7 Å². The summed E-state index contributed by atoms with van der Waals surface area (Å²) in [5.41, 5.74) is 0. The van der Waals surface area contributed by atoms with E-state index in [0.717, 1.165) is 51.4 Å². The molecule has 0 aromatic heterocycles. The van der Waals surface area contributed by atoms with Gasteiger partial charge in [-0.25, -0.2) is 4.79 Å². The van der Waals surface area contributed by atoms with Gasteiger partial charge in [-0.15, -0.1) is 0 Å². The van der Waals surface area contributed by atoms with Gasteiger partial charge in [0, 0.05) is 6.61 Å². The molecule has 1 atom stereocenters. The SMILES string of the molecule is CC/C=C\C/C=C\C/C=C\C/C=C\C/C=C\CCCCOC(CC)C(=O)O.[CaH2]. The molecule has 1 unspecified atom stereocenters. The third kappa shape index (κ3) is 21.7. The predicted molar refractivity (Wildman–Crippen MR) is 125 cm³/mol. The second-order valence-electron chi connectivity index (χ2n) is 6.31. The average molecular weight is 417 g/mol. The summed E-state index contributed by atoms with van der Waals surface area (Å²) in [6, 6.07) is 0. The van der Waals surface area contributed by atoms with Crippen molar-refractivity contribution in [3.8, 4) is 0 Å². The summed E-state index contributed by atoms with van der Waals surface area (Å²) in [5, 5.41) is 8.87. The van der Waals surface area contributed by atoms with Crippen molar-refractivity contribution >= 4 is 43.7 Å². The first kappa shape index (κ1) is 29.6. The number of aliphatic carboxylic acids is 1. The van der Waals surface area contributed by atoms with E-state index >= 15 is 0 Å². The molecule has 0 bridgehead atoms. The van der Waals surface area contributed by atoms with Gasteiger partial charge in [0.25, 0.3) is 0 Å². The van der Waals surface area contributed by atoms with Crippen molar-refractivity contribution in [2.75, 3.05) is 6.61 Å². The first-order valence-corrected chi connectivity index (χ1v) is 10.3. The Labute approximate surface area is 202 Å². The van der Waals surface area contributed by atoms with Gasteiger partial charge >= 0.3 is 43.7 Å². The third-order valence-electron chi connectivity index (χ3n) is 3.89. The normalized spacial score (nSPS) is 13.4. The Balaban J connectivity index is 0. The summed E-state index contributed by atoms with van der Waals surface area (Å²) < 4.78 is 5.33. The molecule has 0 aromatic carbocycles. The molecule has 1 N–H and O–H groups in total. The molecule has 0 spiro atoms. The monoisotopic (exact) mass is 416 g/mol. The van der Waals surface area contributed by atoms with Crippen LogP contribution >= 0.6 is 0 Å². The molecule has 0 aliphatic carbocycles. The Morgan fingerprint density at radius 1 is 0.786 bits per heavy atom. The number of carbonyl (C=O) groups is 1. The van der Waals surface area contributed by atoms with Crippen LogP contribution in [0.5, 0.6) is 0 Å². The first-order valence-electron chi connectivity index (χ1n) is 10.3. The fourth-order valence-corrected chi connectivity index (χ4v) is 2.32. The molecule has 28 heavy (non-hydrogen) atoms. The van der Waals surface area contributed by atoms with E-state index in [1.165, 1.54) is 0 Å². The number of ether oxygens (including phenoxy) is 1. The number of carboxylic acid groups (broad SMARTS) is 1. The van der Waals surface area contributed by atoms with Gasteiger partial charge in [-0.05, 0) is 57.8 Å². The molecule has 0 fully saturated rings. The fourth-order valence-electron chi connectivity index (χ4n) is 2.32. The van der Waals surface area contributed by atoms with Gasteiger partial charge in [-0.2, -0.15) is 0 Å². The summed E-state index contributed by atoms with van der Waals surface area (Å²) in [7, 11) is 0. The quantitative estimate of drug-likeness (QED) is 0.183. The van der Waals surface area contributed by atoms with Gasteiger partial charge in [-0.3, -0.25) is 0 Å². The van der Waals surface area contributed by atoms with Gasteiger partial charge in [0.1, 0.15) is 0 Å². The van der Waals surface area contributed by atoms with Gasteiger partial charge < -0.3 is 9.84 Å². The summed E-state index contributed by atoms with van der Waals surface area (Å²) in [6.07, 6.45) is 29.9. The molecule has 0 aromatic rings. The van der Waals surface area contributed by atoms with Crippen LogP contribution in [0, 0.1) is 0 Å². The maximum atomic E-state index is 10.8. The van der Waals surface area contributed by atoms with Crippen LogP contribution < -0.4 is 0 Å². The molecule has 0 heterocycles. The zero-order valence-corrected chi connectivity index (χ0v) is 17.2. The van der Waals surface area contributed by atoms with Crippen LogP contribution in [0.3, 0.4) is 0 Å². The van der Waals surface area contributed by atoms with Gasteiger partial charge in [0.2, 0.25) is 0 Å². The van der Waals surface area contributed by atoms with Crippen LogP contribution in [0.1, 0.15) is 71.6 Å². The number of carboxylic acids is 1. The Hall–Kier alpha value is -0.610. The molecule has 156 valence electrons. The van der Waals surface area contributed by atoms with Gasteiger partial charge in [0.05, 0.1) is 0 Å². The van der Waals surface area contributed by atoms with E-state index in [-0.39, 0.29) is 37.7 Å². The molecule has 0 aliphatic heterocycles. The van der Waals surface area contributed by atoms with Crippen molar-refractivity contribution in [3.05, 3.63) is 60.8 Å². The molecule has 0 rings (SSSR count). The molecule has 0 radical (unpaired) electrons. The minimum atomic E-state index is -0.865. The van der Waals surface area contributed by atoms with Gasteiger partial charge in [0.15, 0.2) is 6.10 Å². The summed E-state index contributed by atoms with van der Waals surface area (Å²) >= 11 is 0. The molecule has 0 aliphatic rings. The van der Waals surface area contributed by atoms with Crippen LogP contribution in [0.4, 0.5) is 0 Å². The van der Waals surface area contributed by atoms with Crippen LogP contribution in [0.25, 0.3) is 0 Å². The Morgan fingerprint density at radius 3 is 1.68 bits per heavy atom. The van der Waals surface area contributed by atoms with E-state index in [9.17, 15) is 4.79 Å². The van der Waals surface area contributed by atoms with Crippen molar-refractivity contribution in [3.63, 3.8) is 0 Å². The molecule has 3 nitrogen and oxygen atoms in total. The first-order chi connectivity index (χ1) is 13.2. The topological polar surface area (TPSA) is 46.5 Å². The van der Waals surface area contributed by atoms with Crippen LogP contribution in [0.15, 0.2) is 60.8 Å². The zero-order chi connectivity index (χ0) is 20.0. The number of rotatable bonds is 17. The van der Waals surface area contributed by atoms with Crippen LogP contribution in [0.2, 0.25) is 0 Å². The summed E-state index contributed by atoms with van der Waals surface area (Å²) in [5.74, 6) is -0.865. The molecule has 0 saturated carbocycles.